The number of carbonyl (C=O) groups excluding carboxylic acids is 1. The minimum Gasteiger partial charge on any atom is -0.368 e. The zero-order chi connectivity index (χ0) is 18.6. The van der Waals surface area contributed by atoms with E-state index < -0.39 is 0 Å². The van der Waals surface area contributed by atoms with Crippen LogP contribution in [-0.4, -0.2) is 43.7 Å². The molecule has 4 heteroatoms. The summed E-state index contributed by atoms with van der Waals surface area (Å²) in [6.07, 6.45) is 0. The van der Waals surface area contributed by atoms with Crippen LogP contribution in [0.5, 0.6) is 0 Å². The zero-order valence-electron chi connectivity index (χ0n) is 16.8. The number of carbonyl (C=O) groups is 1. The van der Waals surface area contributed by atoms with Crippen molar-refractivity contribution in [1.29, 1.82) is 0 Å². The maximum Gasteiger partial charge on any atom is 0.317 e. The summed E-state index contributed by atoms with van der Waals surface area (Å²) in [5.74, 6) is 1.49. The number of para-hydroxylation sites is 1. The van der Waals surface area contributed by atoms with Crippen LogP contribution < -0.4 is 10.2 Å². The summed E-state index contributed by atoms with van der Waals surface area (Å²) >= 11 is 0. The Balaban J connectivity index is 2.11. The Labute approximate surface area is 153 Å². The molecule has 25 heavy (non-hydrogen) atoms. The maximum atomic E-state index is 12.3. The predicted octanol–water partition coefficient (Wildman–Crippen LogP) is 4.42. The van der Waals surface area contributed by atoms with Crippen LogP contribution in [0.15, 0.2) is 18.2 Å². The fourth-order valence-electron chi connectivity index (χ4n) is 3.41. The molecule has 0 bridgehead atoms. The monoisotopic (exact) mass is 345 g/mol. The van der Waals surface area contributed by atoms with E-state index in [-0.39, 0.29) is 6.03 Å². The minimum atomic E-state index is 0.0783. The Morgan fingerprint density at radius 1 is 0.960 bits per heavy atom. The molecule has 1 aliphatic rings. The van der Waals surface area contributed by atoms with E-state index in [0.717, 1.165) is 32.7 Å². The second-order valence-electron chi connectivity index (χ2n) is 8.15. The minimum absolute atomic E-state index is 0.0783. The molecular formula is C21H35N3O. The normalized spacial score (nSPS) is 15.4. The van der Waals surface area contributed by atoms with Gasteiger partial charge in [-0.15, -0.1) is 0 Å². The fraction of sp³-hybridized carbons (Fsp3) is 0.667. The van der Waals surface area contributed by atoms with E-state index in [2.05, 4.69) is 70.0 Å². The van der Waals surface area contributed by atoms with Gasteiger partial charge in [-0.3, -0.25) is 0 Å². The quantitative estimate of drug-likeness (QED) is 0.857. The number of rotatable bonds is 5. The van der Waals surface area contributed by atoms with Gasteiger partial charge in [0, 0.05) is 38.4 Å². The molecule has 2 rings (SSSR count). The average Bonchev–Trinajstić information content (AvgIpc) is 2.58. The van der Waals surface area contributed by atoms with Crippen molar-refractivity contribution in [1.82, 2.24) is 10.2 Å². The summed E-state index contributed by atoms with van der Waals surface area (Å²) < 4.78 is 0. The van der Waals surface area contributed by atoms with E-state index in [1.54, 1.807) is 0 Å². The molecule has 0 aliphatic carbocycles. The van der Waals surface area contributed by atoms with E-state index in [0.29, 0.717) is 17.8 Å². The van der Waals surface area contributed by atoms with E-state index >= 15 is 0 Å². The molecule has 1 heterocycles. The highest BCUT2D eigenvalue weighted by atomic mass is 16.2. The standard InChI is InChI=1S/C21H35N3O/c1-15(2)14-22-21(25)24-12-10-23(11-13-24)20-18(16(3)4)8-7-9-19(20)17(5)6/h7-9,15-17H,10-14H2,1-6H3,(H,22,25). The van der Waals surface area contributed by atoms with Gasteiger partial charge in [-0.1, -0.05) is 59.7 Å². The second-order valence-corrected chi connectivity index (χ2v) is 8.15. The topological polar surface area (TPSA) is 35.6 Å². The Morgan fingerprint density at radius 3 is 1.92 bits per heavy atom. The van der Waals surface area contributed by atoms with Crippen LogP contribution in [0.25, 0.3) is 0 Å². The lowest BCUT2D eigenvalue weighted by molar-refractivity contribution is 0.193. The van der Waals surface area contributed by atoms with Gasteiger partial charge in [-0.05, 0) is 28.9 Å². The van der Waals surface area contributed by atoms with E-state index in [1.165, 1.54) is 16.8 Å². The third-order valence-electron chi connectivity index (χ3n) is 4.89. The number of nitrogens with zero attached hydrogens (tertiary/aromatic N) is 2. The molecule has 0 atom stereocenters. The summed E-state index contributed by atoms with van der Waals surface area (Å²) in [5.41, 5.74) is 4.24. The second kappa shape index (κ2) is 8.59. The van der Waals surface area contributed by atoms with E-state index in [4.69, 9.17) is 0 Å². The van der Waals surface area contributed by atoms with Crippen molar-refractivity contribution in [2.75, 3.05) is 37.6 Å². The van der Waals surface area contributed by atoms with Gasteiger partial charge >= 0.3 is 6.03 Å². The van der Waals surface area contributed by atoms with Crippen molar-refractivity contribution in [3.05, 3.63) is 29.3 Å². The van der Waals surface area contributed by atoms with Crippen LogP contribution >= 0.6 is 0 Å². The number of anilines is 1. The van der Waals surface area contributed by atoms with Gasteiger partial charge in [0.25, 0.3) is 0 Å². The maximum absolute atomic E-state index is 12.3. The van der Waals surface area contributed by atoms with Gasteiger partial charge in [-0.2, -0.15) is 0 Å². The molecular weight excluding hydrogens is 310 g/mol. The summed E-state index contributed by atoms with van der Waals surface area (Å²) in [5, 5.41) is 3.03. The van der Waals surface area contributed by atoms with Crippen LogP contribution in [0.1, 0.15) is 64.5 Å². The van der Waals surface area contributed by atoms with E-state index in [1.807, 2.05) is 4.90 Å². The highest BCUT2D eigenvalue weighted by Crippen LogP contribution is 2.35. The van der Waals surface area contributed by atoms with Gasteiger partial charge in [0.2, 0.25) is 0 Å². The van der Waals surface area contributed by atoms with Gasteiger partial charge in [0.15, 0.2) is 0 Å². The molecule has 0 spiro atoms. The molecule has 0 unspecified atom stereocenters. The molecule has 1 aromatic carbocycles. The number of hydrogen-bond acceptors (Lipinski definition) is 2. The third kappa shape index (κ3) is 4.90. The lowest BCUT2D eigenvalue weighted by atomic mass is 9.91. The number of nitrogens with one attached hydrogen (secondary N) is 1. The van der Waals surface area contributed by atoms with Crippen LogP contribution in [0.2, 0.25) is 0 Å². The number of hydrogen-bond donors (Lipinski definition) is 1. The van der Waals surface area contributed by atoms with E-state index in [9.17, 15) is 4.79 Å². The van der Waals surface area contributed by atoms with Crippen LogP contribution in [0.4, 0.5) is 10.5 Å². The van der Waals surface area contributed by atoms with Crippen molar-refractivity contribution >= 4 is 11.7 Å². The molecule has 2 amide bonds. The molecule has 140 valence electrons. The third-order valence-corrected chi connectivity index (χ3v) is 4.89. The fourth-order valence-corrected chi connectivity index (χ4v) is 3.41. The first-order valence-electron chi connectivity index (χ1n) is 9.71. The predicted molar refractivity (Wildman–Crippen MR) is 107 cm³/mol. The van der Waals surface area contributed by atoms with Gasteiger partial charge < -0.3 is 15.1 Å². The lowest BCUT2D eigenvalue weighted by Gasteiger charge is -2.39. The number of urea groups is 1. The Hall–Kier alpha value is -1.71. The van der Waals surface area contributed by atoms with Gasteiger partial charge in [-0.25, -0.2) is 4.79 Å². The molecule has 1 fully saturated rings. The molecule has 0 saturated carbocycles. The van der Waals surface area contributed by atoms with Crippen molar-refractivity contribution in [2.24, 2.45) is 5.92 Å². The molecule has 4 nitrogen and oxygen atoms in total. The number of piperazine rings is 1. The van der Waals surface area contributed by atoms with Crippen LogP contribution in [0.3, 0.4) is 0 Å². The molecule has 0 radical (unpaired) electrons. The smallest absolute Gasteiger partial charge is 0.317 e. The summed E-state index contributed by atoms with van der Waals surface area (Å²) in [6, 6.07) is 6.78. The average molecular weight is 346 g/mol. The summed E-state index contributed by atoms with van der Waals surface area (Å²) in [4.78, 5) is 16.7. The zero-order valence-corrected chi connectivity index (χ0v) is 16.8. The first kappa shape index (κ1) is 19.6. The SMILES string of the molecule is CC(C)CNC(=O)N1CCN(c2c(C(C)C)cccc2C(C)C)CC1. The van der Waals surface area contributed by atoms with Crippen molar-refractivity contribution in [2.45, 2.75) is 53.4 Å². The molecule has 1 N–H and O–H groups in total. The van der Waals surface area contributed by atoms with Crippen LogP contribution in [-0.2, 0) is 0 Å². The molecule has 1 aromatic rings. The first-order chi connectivity index (χ1) is 11.8. The first-order valence-corrected chi connectivity index (χ1v) is 9.71. The Kier molecular flexibility index (Phi) is 6.74. The highest BCUT2D eigenvalue weighted by Gasteiger charge is 2.25. The largest absolute Gasteiger partial charge is 0.368 e. The van der Waals surface area contributed by atoms with Crippen molar-refractivity contribution < 1.29 is 4.79 Å². The highest BCUT2D eigenvalue weighted by molar-refractivity contribution is 5.74. The Morgan fingerprint density at radius 2 is 1.48 bits per heavy atom. The Bertz CT molecular complexity index is 546. The number of amides is 2. The van der Waals surface area contributed by atoms with Crippen molar-refractivity contribution in [3.63, 3.8) is 0 Å². The molecule has 0 aromatic heterocycles. The summed E-state index contributed by atoms with van der Waals surface area (Å²) in [6.45, 7) is 17.4. The molecule has 1 saturated heterocycles. The summed E-state index contributed by atoms with van der Waals surface area (Å²) in [7, 11) is 0. The van der Waals surface area contributed by atoms with Crippen LogP contribution in [0, 0.1) is 5.92 Å². The lowest BCUT2D eigenvalue weighted by Crippen LogP contribution is -2.52. The van der Waals surface area contributed by atoms with Crippen molar-refractivity contribution in [3.8, 4) is 0 Å². The van der Waals surface area contributed by atoms with Gasteiger partial charge in [0.1, 0.15) is 0 Å². The van der Waals surface area contributed by atoms with Gasteiger partial charge in [0.05, 0.1) is 0 Å². The number of benzene rings is 1. The molecule has 1 aliphatic heterocycles.